The smallest absolute Gasteiger partial charge is 0.303 e. The Morgan fingerprint density at radius 1 is 1.19 bits per heavy atom. The fraction of sp³-hybridized carbons (Fsp3) is 0.318. The Morgan fingerprint density at radius 3 is 2.56 bits per heavy atom. The van der Waals surface area contributed by atoms with Gasteiger partial charge in [-0.15, -0.1) is 0 Å². The summed E-state index contributed by atoms with van der Waals surface area (Å²) < 4.78 is 15.9. The van der Waals surface area contributed by atoms with Crippen molar-refractivity contribution in [1.29, 1.82) is 0 Å². The molecule has 3 rings (SSSR count). The van der Waals surface area contributed by atoms with E-state index < -0.39 is 5.97 Å². The fourth-order valence-corrected chi connectivity index (χ4v) is 3.70. The third kappa shape index (κ3) is 3.68. The molecule has 0 unspecified atom stereocenters. The van der Waals surface area contributed by atoms with Gasteiger partial charge < -0.3 is 14.8 Å². The van der Waals surface area contributed by atoms with Crippen LogP contribution < -0.4 is 0 Å². The van der Waals surface area contributed by atoms with Crippen LogP contribution in [0.1, 0.15) is 49.4 Å². The lowest BCUT2D eigenvalue weighted by Crippen LogP contribution is -2.05. The summed E-state index contributed by atoms with van der Waals surface area (Å²) >= 11 is 0. The lowest BCUT2D eigenvalue weighted by atomic mass is 9.98. The molecule has 0 fully saturated rings. The minimum Gasteiger partial charge on any atom is -0.508 e. The SMILES string of the molecule is Cc1cc(-n2c(C(C)C)c(CCCC(=O)O)c3cc(O)ccc32)ccc1F. The van der Waals surface area contributed by atoms with E-state index in [-0.39, 0.29) is 23.9 Å². The Balaban J connectivity index is 2.26. The van der Waals surface area contributed by atoms with Gasteiger partial charge in [0.25, 0.3) is 0 Å². The van der Waals surface area contributed by atoms with Gasteiger partial charge in [0.1, 0.15) is 11.6 Å². The van der Waals surface area contributed by atoms with Gasteiger partial charge >= 0.3 is 5.97 Å². The molecule has 0 aliphatic carbocycles. The number of phenolic OH excluding ortho intramolecular Hbond substituents is 1. The van der Waals surface area contributed by atoms with Crippen molar-refractivity contribution in [2.45, 2.75) is 46.0 Å². The van der Waals surface area contributed by atoms with Crippen LogP contribution in [0, 0.1) is 12.7 Å². The van der Waals surface area contributed by atoms with Crippen LogP contribution in [0.5, 0.6) is 5.75 Å². The van der Waals surface area contributed by atoms with Crippen LogP contribution in [0.3, 0.4) is 0 Å². The Bertz CT molecular complexity index is 1000. The van der Waals surface area contributed by atoms with E-state index in [1.165, 1.54) is 6.07 Å². The minimum atomic E-state index is -0.818. The van der Waals surface area contributed by atoms with Gasteiger partial charge in [-0.3, -0.25) is 4.79 Å². The quantitative estimate of drug-likeness (QED) is 0.618. The highest BCUT2D eigenvalue weighted by atomic mass is 19.1. The number of carboxylic acids is 1. The summed E-state index contributed by atoms with van der Waals surface area (Å²) in [6.07, 6.45) is 1.22. The first-order chi connectivity index (χ1) is 12.8. The highest BCUT2D eigenvalue weighted by Gasteiger charge is 2.21. The molecule has 1 heterocycles. The second-order valence-electron chi connectivity index (χ2n) is 7.24. The van der Waals surface area contributed by atoms with E-state index in [4.69, 9.17) is 5.11 Å². The molecule has 0 aliphatic heterocycles. The minimum absolute atomic E-state index is 0.0959. The highest BCUT2D eigenvalue weighted by molar-refractivity contribution is 5.89. The summed E-state index contributed by atoms with van der Waals surface area (Å²) in [5, 5.41) is 19.9. The standard InChI is InChI=1S/C22H24FNO3/c1-13(2)22-17(5-4-6-21(26)27)18-12-16(25)8-10-20(18)24(22)15-7-9-19(23)14(3)11-15/h7-13,25H,4-6H2,1-3H3,(H,26,27). The number of aromatic hydroxyl groups is 1. The Morgan fingerprint density at radius 2 is 1.93 bits per heavy atom. The normalized spacial score (nSPS) is 11.4. The van der Waals surface area contributed by atoms with Crippen molar-refractivity contribution < 1.29 is 19.4 Å². The summed E-state index contributed by atoms with van der Waals surface area (Å²) in [7, 11) is 0. The number of hydrogen-bond acceptors (Lipinski definition) is 2. The third-order valence-corrected chi connectivity index (χ3v) is 4.86. The molecular formula is C22H24FNO3. The number of aliphatic carboxylic acids is 1. The molecule has 5 heteroatoms. The van der Waals surface area contributed by atoms with Crippen LogP contribution in [0.4, 0.5) is 4.39 Å². The van der Waals surface area contributed by atoms with E-state index in [1.807, 2.05) is 12.1 Å². The molecule has 142 valence electrons. The third-order valence-electron chi connectivity index (χ3n) is 4.86. The first-order valence-electron chi connectivity index (χ1n) is 9.14. The Kier molecular flexibility index (Phi) is 5.22. The molecule has 2 aromatic carbocycles. The number of phenols is 1. The monoisotopic (exact) mass is 369 g/mol. The molecule has 3 aromatic rings. The maximum Gasteiger partial charge on any atom is 0.303 e. The molecule has 0 bridgehead atoms. The number of aromatic nitrogens is 1. The van der Waals surface area contributed by atoms with E-state index >= 15 is 0 Å². The molecule has 4 nitrogen and oxygen atoms in total. The van der Waals surface area contributed by atoms with Gasteiger partial charge in [-0.05, 0) is 73.2 Å². The Labute approximate surface area is 157 Å². The molecule has 0 aliphatic rings. The molecular weight excluding hydrogens is 345 g/mol. The van der Waals surface area contributed by atoms with E-state index in [2.05, 4.69) is 18.4 Å². The summed E-state index contributed by atoms with van der Waals surface area (Å²) in [6, 6.07) is 10.3. The second kappa shape index (κ2) is 7.43. The largest absolute Gasteiger partial charge is 0.508 e. The number of aryl methyl sites for hydroxylation is 2. The summed E-state index contributed by atoms with van der Waals surface area (Å²) in [6.45, 7) is 5.91. The van der Waals surface area contributed by atoms with Crippen molar-refractivity contribution in [2.75, 3.05) is 0 Å². The lowest BCUT2D eigenvalue weighted by Gasteiger charge is -2.16. The van der Waals surface area contributed by atoms with E-state index in [0.717, 1.165) is 27.8 Å². The van der Waals surface area contributed by atoms with Crippen LogP contribution in [0.25, 0.3) is 16.6 Å². The maximum absolute atomic E-state index is 13.8. The van der Waals surface area contributed by atoms with Gasteiger partial charge in [0.05, 0.1) is 5.52 Å². The van der Waals surface area contributed by atoms with E-state index in [9.17, 15) is 14.3 Å². The zero-order chi connectivity index (χ0) is 19.7. The topological polar surface area (TPSA) is 62.5 Å². The van der Waals surface area contributed by atoms with E-state index in [0.29, 0.717) is 18.4 Å². The van der Waals surface area contributed by atoms with Crippen molar-refractivity contribution in [2.24, 2.45) is 0 Å². The number of benzene rings is 2. The number of hydrogen-bond donors (Lipinski definition) is 2. The molecule has 0 atom stereocenters. The van der Waals surface area contributed by atoms with Crippen molar-refractivity contribution in [1.82, 2.24) is 4.57 Å². The fourth-order valence-electron chi connectivity index (χ4n) is 3.70. The zero-order valence-corrected chi connectivity index (χ0v) is 15.8. The predicted molar refractivity (Wildman–Crippen MR) is 104 cm³/mol. The predicted octanol–water partition coefficient (Wildman–Crippen LogP) is 5.31. The number of halogens is 1. The molecule has 0 amide bonds. The first-order valence-corrected chi connectivity index (χ1v) is 9.14. The summed E-state index contributed by atoms with van der Waals surface area (Å²) in [5.41, 5.74) is 4.45. The first kappa shape index (κ1) is 19.0. The number of carboxylic acid groups (broad SMARTS) is 1. The zero-order valence-electron chi connectivity index (χ0n) is 15.8. The van der Waals surface area contributed by atoms with Gasteiger partial charge in [-0.2, -0.15) is 0 Å². The van der Waals surface area contributed by atoms with Crippen LogP contribution in [0.15, 0.2) is 36.4 Å². The van der Waals surface area contributed by atoms with Crippen molar-refractivity contribution in [3.05, 3.63) is 59.0 Å². The molecule has 0 saturated carbocycles. The van der Waals surface area contributed by atoms with Gasteiger partial charge in [-0.25, -0.2) is 4.39 Å². The number of fused-ring (bicyclic) bond motifs is 1. The average Bonchev–Trinajstić information content (AvgIpc) is 2.91. The summed E-state index contributed by atoms with van der Waals surface area (Å²) in [4.78, 5) is 10.9. The van der Waals surface area contributed by atoms with E-state index in [1.54, 1.807) is 25.1 Å². The average molecular weight is 369 g/mol. The summed E-state index contributed by atoms with van der Waals surface area (Å²) in [5.74, 6) is -0.725. The molecule has 1 aromatic heterocycles. The molecule has 0 spiro atoms. The van der Waals surface area contributed by atoms with Gasteiger partial charge in [0.2, 0.25) is 0 Å². The van der Waals surface area contributed by atoms with Gasteiger partial charge in [0, 0.05) is 23.2 Å². The molecule has 0 saturated heterocycles. The van der Waals surface area contributed by atoms with Gasteiger partial charge in [-0.1, -0.05) is 13.8 Å². The Hall–Kier alpha value is -2.82. The lowest BCUT2D eigenvalue weighted by molar-refractivity contribution is -0.137. The van der Waals surface area contributed by atoms with Crippen molar-refractivity contribution in [3.63, 3.8) is 0 Å². The maximum atomic E-state index is 13.8. The molecule has 2 N–H and O–H groups in total. The van der Waals surface area contributed by atoms with Crippen LogP contribution in [-0.2, 0) is 11.2 Å². The van der Waals surface area contributed by atoms with Crippen LogP contribution in [-0.4, -0.2) is 20.7 Å². The van der Waals surface area contributed by atoms with Crippen LogP contribution >= 0.6 is 0 Å². The van der Waals surface area contributed by atoms with Gasteiger partial charge in [0.15, 0.2) is 0 Å². The second-order valence-corrected chi connectivity index (χ2v) is 7.24. The van der Waals surface area contributed by atoms with Crippen LogP contribution in [0.2, 0.25) is 0 Å². The van der Waals surface area contributed by atoms with Crippen molar-refractivity contribution in [3.8, 4) is 11.4 Å². The number of carbonyl (C=O) groups is 1. The number of rotatable bonds is 6. The molecule has 27 heavy (non-hydrogen) atoms. The highest BCUT2D eigenvalue weighted by Crippen LogP contribution is 2.37. The van der Waals surface area contributed by atoms with Crippen molar-refractivity contribution >= 4 is 16.9 Å². The molecule has 0 radical (unpaired) electrons. The number of nitrogens with zero attached hydrogens (tertiary/aromatic N) is 1.